The number of carbonyl (C=O) groups is 2. The van der Waals surface area contributed by atoms with Crippen molar-refractivity contribution in [2.75, 3.05) is 13.1 Å². The van der Waals surface area contributed by atoms with E-state index in [0.717, 1.165) is 16.5 Å². The van der Waals surface area contributed by atoms with E-state index in [9.17, 15) is 9.59 Å². The molecule has 1 unspecified atom stereocenters. The van der Waals surface area contributed by atoms with E-state index >= 15 is 0 Å². The lowest BCUT2D eigenvalue weighted by Crippen LogP contribution is -2.52. The Bertz CT molecular complexity index is 613. The third-order valence-electron chi connectivity index (χ3n) is 4.66. The molecular formula is C19H27BrN2O2. The van der Waals surface area contributed by atoms with Crippen LogP contribution in [0.1, 0.15) is 46.1 Å². The van der Waals surface area contributed by atoms with Gasteiger partial charge in [0.1, 0.15) is 6.04 Å². The van der Waals surface area contributed by atoms with Crippen LogP contribution in [-0.4, -0.2) is 35.8 Å². The Morgan fingerprint density at radius 1 is 1.38 bits per heavy atom. The third-order valence-corrected chi connectivity index (χ3v) is 5.15. The maximum atomic E-state index is 12.7. The molecule has 1 N–H and O–H groups in total. The van der Waals surface area contributed by atoms with E-state index in [0.29, 0.717) is 19.5 Å². The van der Waals surface area contributed by atoms with Gasteiger partial charge in [-0.3, -0.25) is 9.59 Å². The first-order chi connectivity index (χ1) is 11.2. The van der Waals surface area contributed by atoms with Gasteiger partial charge in [-0.1, -0.05) is 55.8 Å². The number of halogens is 1. The van der Waals surface area contributed by atoms with Crippen molar-refractivity contribution in [2.45, 2.75) is 52.0 Å². The summed E-state index contributed by atoms with van der Waals surface area (Å²) in [5, 5.41) is 3.07. The van der Waals surface area contributed by atoms with Gasteiger partial charge in [-0.25, -0.2) is 0 Å². The number of nitrogens with zero attached hydrogens (tertiary/aromatic N) is 1. The maximum absolute atomic E-state index is 12.7. The molecular weight excluding hydrogens is 368 g/mol. The zero-order valence-corrected chi connectivity index (χ0v) is 16.5. The van der Waals surface area contributed by atoms with Crippen molar-refractivity contribution in [1.29, 1.82) is 0 Å². The summed E-state index contributed by atoms with van der Waals surface area (Å²) in [4.78, 5) is 26.5. The van der Waals surface area contributed by atoms with Gasteiger partial charge in [-0.05, 0) is 30.0 Å². The number of amides is 2. The summed E-state index contributed by atoms with van der Waals surface area (Å²) < 4.78 is 1.03. The monoisotopic (exact) mass is 394 g/mol. The summed E-state index contributed by atoms with van der Waals surface area (Å²) in [6, 6.07) is 7.77. The van der Waals surface area contributed by atoms with Gasteiger partial charge >= 0.3 is 0 Å². The van der Waals surface area contributed by atoms with Crippen LogP contribution < -0.4 is 5.32 Å². The molecule has 0 aromatic heterocycles. The minimum absolute atomic E-state index is 0.0525. The Hall–Kier alpha value is -1.36. The van der Waals surface area contributed by atoms with E-state index in [2.05, 4.69) is 47.2 Å². The van der Waals surface area contributed by atoms with Crippen molar-refractivity contribution in [3.05, 3.63) is 34.3 Å². The third kappa shape index (κ3) is 4.38. The fourth-order valence-corrected chi connectivity index (χ4v) is 3.59. The Morgan fingerprint density at radius 2 is 2.08 bits per heavy atom. The van der Waals surface area contributed by atoms with Crippen molar-refractivity contribution >= 4 is 27.7 Å². The first-order valence-electron chi connectivity index (χ1n) is 8.55. The molecule has 4 nitrogen and oxygen atoms in total. The highest BCUT2D eigenvalue weighted by Crippen LogP contribution is 2.25. The Kier molecular flexibility index (Phi) is 6.07. The molecule has 2 amide bonds. The van der Waals surface area contributed by atoms with Gasteiger partial charge in [0.15, 0.2) is 0 Å². The van der Waals surface area contributed by atoms with Crippen LogP contribution in [-0.2, 0) is 15.0 Å². The highest BCUT2D eigenvalue weighted by Gasteiger charge is 2.35. The molecule has 0 spiro atoms. The average Bonchev–Trinajstić information content (AvgIpc) is 2.91. The van der Waals surface area contributed by atoms with Gasteiger partial charge < -0.3 is 10.2 Å². The Labute approximate surface area is 153 Å². The van der Waals surface area contributed by atoms with Crippen LogP contribution in [0.2, 0.25) is 0 Å². The minimum atomic E-state index is -0.377. The lowest BCUT2D eigenvalue weighted by molar-refractivity contribution is -0.139. The SMILES string of the molecule is CC(C)C(C(=O)NCC(C)(C)c1cccc(Br)c1)N1CCCC1=O. The molecule has 0 aliphatic carbocycles. The van der Waals surface area contributed by atoms with Crippen molar-refractivity contribution in [1.82, 2.24) is 10.2 Å². The van der Waals surface area contributed by atoms with Crippen molar-refractivity contribution in [2.24, 2.45) is 5.92 Å². The quantitative estimate of drug-likeness (QED) is 0.802. The minimum Gasteiger partial charge on any atom is -0.353 e. The number of likely N-dealkylation sites (tertiary alicyclic amines) is 1. The fraction of sp³-hybridized carbons (Fsp3) is 0.579. The highest BCUT2D eigenvalue weighted by molar-refractivity contribution is 9.10. The summed E-state index contributed by atoms with van der Waals surface area (Å²) in [6.45, 7) is 9.43. The smallest absolute Gasteiger partial charge is 0.243 e. The summed E-state index contributed by atoms with van der Waals surface area (Å²) in [6.07, 6.45) is 1.40. The molecule has 1 fully saturated rings. The molecule has 2 rings (SSSR count). The van der Waals surface area contributed by atoms with E-state index in [-0.39, 0.29) is 29.2 Å². The number of rotatable bonds is 6. The van der Waals surface area contributed by atoms with E-state index in [4.69, 9.17) is 0 Å². The van der Waals surface area contributed by atoms with Gasteiger partial charge in [-0.15, -0.1) is 0 Å². The second-order valence-corrected chi connectivity index (χ2v) is 8.41. The molecule has 1 aromatic rings. The summed E-state index contributed by atoms with van der Waals surface area (Å²) in [5.74, 6) is 0.138. The predicted molar refractivity (Wildman–Crippen MR) is 99.8 cm³/mol. The summed E-state index contributed by atoms with van der Waals surface area (Å²) in [5.41, 5.74) is 0.978. The van der Waals surface area contributed by atoms with Crippen molar-refractivity contribution < 1.29 is 9.59 Å². The molecule has 1 aliphatic rings. The van der Waals surface area contributed by atoms with Crippen LogP contribution in [0.4, 0.5) is 0 Å². The molecule has 5 heteroatoms. The lowest BCUT2D eigenvalue weighted by Gasteiger charge is -2.32. The van der Waals surface area contributed by atoms with Crippen LogP contribution in [0.5, 0.6) is 0 Å². The molecule has 1 aliphatic heterocycles. The Morgan fingerprint density at radius 3 is 2.62 bits per heavy atom. The number of carbonyl (C=O) groups excluding carboxylic acids is 2. The van der Waals surface area contributed by atoms with Crippen LogP contribution in [0.3, 0.4) is 0 Å². The van der Waals surface area contributed by atoms with E-state index in [1.807, 2.05) is 26.0 Å². The molecule has 1 heterocycles. The van der Waals surface area contributed by atoms with E-state index < -0.39 is 0 Å². The van der Waals surface area contributed by atoms with Crippen molar-refractivity contribution in [3.63, 3.8) is 0 Å². The standard InChI is InChI=1S/C19H27BrN2O2/c1-13(2)17(22-10-6-9-16(22)23)18(24)21-12-19(3,4)14-7-5-8-15(20)11-14/h5,7-8,11,13,17H,6,9-10,12H2,1-4H3,(H,21,24). The second kappa shape index (κ2) is 7.68. The largest absolute Gasteiger partial charge is 0.353 e. The number of hydrogen-bond acceptors (Lipinski definition) is 2. The van der Waals surface area contributed by atoms with Gasteiger partial charge in [-0.2, -0.15) is 0 Å². The van der Waals surface area contributed by atoms with Crippen LogP contribution >= 0.6 is 15.9 Å². The summed E-state index contributed by atoms with van der Waals surface area (Å²) >= 11 is 3.50. The topological polar surface area (TPSA) is 49.4 Å². The zero-order valence-electron chi connectivity index (χ0n) is 14.9. The second-order valence-electron chi connectivity index (χ2n) is 7.49. The van der Waals surface area contributed by atoms with Gasteiger partial charge in [0, 0.05) is 29.4 Å². The Balaban J connectivity index is 2.06. The van der Waals surface area contributed by atoms with E-state index in [1.165, 1.54) is 0 Å². The predicted octanol–water partition coefficient (Wildman–Crippen LogP) is 3.49. The number of nitrogens with one attached hydrogen (secondary N) is 1. The average molecular weight is 395 g/mol. The van der Waals surface area contributed by atoms with Gasteiger partial charge in [0.25, 0.3) is 0 Å². The first kappa shape index (κ1) is 19.0. The zero-order chi connectivity index (χ0) is 17.9. The number of benzene rings is 1. The number of hydrogen-bond donors (Lipinski definition) is 1. The van der Waals surface area contributed by atoms with Crippen molar-refractivity contribution in [3.8, 4) is 0 Å². The molecule has 0 radical (unpaired) electrons. The molecule has 0 saturated carbocycles. The van der Waals surface area contributed by atoms with Crippen LogP contribution in [0.25, 0.3) is 0 Å². The molecule has 0 bridgehead atoms. The molecule has 1 atom stereocenters. The lowest BCUT2D eigenvalue weighted by atomic mass is 9.84. The van der Waals surface area contributed by atoms with E-state index in [1.54, 1.807) is 4.90 Å². The van der Waals surface area contributed by atoms with Gasteiger partial charge in [0.2, 0.25) is 11.8 Å². The molecule has 132 valence electrons. The normalized spacial score (nSPS) is 16.6. The highest BCUT2D eigenvalue weighted by atomic mass is 79.9. The maximum Gasteiger partial charge on any atom is 0.243 e. The van der Waals surface area contributed by atoms with Crippen LogP contribution in [0.15, 0.2) is 28.7 Å². The van der Waals surface area contributed by atoms with Gasteiger partial charge in [0.05, 0.1) is 0 Å². The summed E-state index contributed by atoms with van der Waals surface area (Å²) in [7, 11) is 0. The molecule has 1 saturated heterocycles. The molecule has 1 aromatic carbocycles. The fourth-order valence-electron chi connectivity index (χ4n) is 3.19. The first-order valence-corrected chi connectivity index (χ1v) is 9.35. The van der Waals surface area contributed by atoms with Crippen LogP contribution in [0, 0.1) is 5.92 Å². The molecule has 24 heavy (non-hydrogen) atoms.